The van der Waals surface area contributed by atoms with Crippen molar-refractivity contribution in [3.05, 3.63) is 66.7 Å². The third-order valence-electron chi connectivity index (χ3n) is 5.89. The lowest BCUT2D eigenvalue weighted by Gasteiger charge is -2.27. The second kappa shape index (κ2) is 8.74. The maximum absolute atomic E-state index is 13.1. The van der Waals surface area contributed by atoms with E-state index in [1.807, 2.05) is 53.4 Å². The normalized spacial score (nSPS) is 20.2. The summed E-state index contributed by atoms with van der Waals surface area (Å²) in [5.41, 5.74) is 2.62. The van der Waals surface area contributed by atoms with Crippen molar-refractivity contribution in [2.45, 2.75) is 37.8 Å². The summed E-state index contributed by atoms with van der Waals surface area (Å²) < 4.78 is 0. The van der Waals surface area contributed by atoms with Crippen molar-refractivity contribution in [3.8, 4) is 11.3 Å². The molecule has 0 radical (unpaired) electrons. The first kappa shape index (κ1) is 20.1. The Morgan fingerprint density at radius 2 is 1.88 bits per heavy atom. The van der Waals surface area contributed by atoms with Crippen LogP contribution in [-0.2, 0) is 9.59 Å². The van der Waals surface area contributed by atoms with E-state index in [0.29, 0.717) is 31.0 Å². The molecule has 1 aromatic carbocycles. The molecule has 162 valence electrons. The zero-order chi connectivity index (χ0) is 21.9. The number of pyridine rings is 1. The molecule has 3 aromatic rings. The van der Waals surface area contributed by atoms with Gasteiger partial charge in [0.1, 0.15) is 11.9 Å². The predicted octanol–water partition coefficient (Wildman–Crippen LogP) is 3.22. The Kier molecular flexibility index (Phi) is 5.49. The van der Waals surface area contributed by atoms with Crippen LogP contribution in [0.5, 0.6) is 0 Å². The molecule has 32 heavy (non-hydrogen) atoms. The van der Waals surface area contributed by atoms with Crippen LogP contribution in [0.3, 0.4) is 0 Å². The minimum atomic E-state index is -0.451. The Bertz CT molecular complexity index is 1120. The number of hydrogen-bond donors (Lipinski definition) is 2. The van der Waals surface area contributed by atoms with Crippen LogP contribution in [0.2, 0.25) is 0 Å². The summed E-state index contributed by atoms with van der Waals surface area (Å²) >= 11 is 0. The zero-order valence-corrected chi connectivity index (χ0v) is 17.6. The molecule has 2 N–H and O–H groups in total. The lowest BCUT2D eigenvalue weighted by atomic mass is 10.1. The maximum atomic E-state index is 13.1. The zero-order valence-electron chi connectivity index (χ0n) is 17.6. The van der Waals surface area contributed by atoms with E-state index < -0.39 is 6.04 Å². The largest absolute Gasteiger partial charge is 0.344 e. The molecule has 0 aliphatic carbocycles. The van der Waals surface area contributed by atoms with Gasteiger partial charge < -0.3 is 15.5 Å². The van der Waals surface area contributed by atoms with Gasteiger partial charge in [0.2, 0.25) is 11.8 Å². The SMILES string of the molecule is O=C1CC[C@H](C(=O)N2CCC[C@H]2c2nc(Nc3ccccc3)cc(-c3ccncc3)n2)N1. The Morgan fingerprint density at radius 1 is 1.06 bits per heavy atom. The van der Waals surface area contributed by atoms with Gasteiger partial charge >= 0.3 is 0 Å². The number of benzene rings is 1. The average Bonchev–Trinajstić information content (AvgIpc) is 3.49. The quantitative estimate of drug-likeness (QED) is 0.647. The molecule has 2 fully saturated rings. The highest BCUT2D eigenvalue weighted by atomic mass is 16.2. The fourth-order valence-electron chi connectivity index (χ4n) is 4.32. The van der Waals surface area contributed by atoms with Gasteiger partial charge in [0.25, 0.3) is 0 Å². The summed E-state index contributed by atoms with van der Waals surface area (Å²) in [6.45, 7) is 0.639. The Hall–Kier alpha value is -3.81. The van der Waals surface area contributed by atoms with Gasteiger partial charge in [-0.05, 0) is 43.5 Å². The van der Waals surface area contributed by atoms with Gasteiger partial charge in [0, 0.05) is 42.7 Å². The van der Waals surface area contributed by atoms with E-state index in [1.165, 1.54) is 0 Å². The summed E-state index contributed by atoms with van der Waals surface area (Å²) in [6, 6.07) is 14.9. The number of nitrogens with one attached hydrogen (secondary N) is 2. The summed E-state index contributed by atoms with van der Waals surface area (Å²) in [4.78, 5) is 40.3. The molecule has 5 rings (SSSR count). The molecule has 2 aliphatic heterocycles. The Morgan fingerprint density at radius 3 is 2.62 bits per heavy atom. The number of amides is 2. The second-order valence-electron chi connectivity index (χ2n) is 8.07. The van der Waals surface area contributed by atoms with Crippen LogP contribution in [-0.4, -0.2) is 44.3 Å². The first-order valence-corrected chi connectivity index (χ1v) is 10.9. The third kappa shape index (κ3) is 4.16. The number of hydrogen-bond acceptors (Lipinski definition) is 6. The van der Waals surface area contributed by atoms with Gasteiger partial charge in [0.15, 0.2) is 5.82 Å². The predicted molar refractivity (Wildman–Crippen MR) is 120 cm³/mol. The molecule has 2 amide bonds. The summed E-state index contributed by atoms with van der Waals surface area (Å²) in [5.74, 6) is 1.16. The highest BCUT2D eigenvalue weighted by Crippen LogP contribution is 2.33. The lowest BCUT2D eigenvalue weighted by molar-refractivity contribution is -0.135. The van der Waals surface area contributed by atoms with Gasteiger partial charge in [-0.2, -0.15) is 0 Å². The Labute approximate surface area is 186 Å². The highest BCUT2D eigenvalue weighted by molar-refractivity contribution is 5.91. The number of carbonyl (C=O) groups is 2. The van der Waals surface area contributed by atoms with Crippen molar-refractivity contribution in [2.75, 3.05) is 11.9 Å². The van der Waals surface area contributed by atoms with E-state index in [0.717, 1.165) is 29.8 Å². The van der Waals surface area contributed by atoms with Crippen molar-refractivity contribution in [2.24, 2.45) is 0 Å². The van der Waals surface area contributed by atoms with Crippen molar-refractivity contribution in [1.29, 1.82) is 0 Å². The van der Waals surface area contributed by atoms with Crippen LogP contribution in [0.25, 0.3) is 11.3 Å². The number of anilines is 2. The fraction of sp³-hybridized carbons (Fsp3) is 0.292. The Balaban J connectivity index is 1.49. The third-order valence-corrected chi connectivity index (χ3v) is 5.89. The monoisotopic (exact) mass is 428 g/mol. The summed E-state index contributed by atoms with van der Waals surface area (Å²) in [6.07, 6.45) is 6.07. The first-order valence-electron chi connectivity index (χ1n) is 10.9. The second-order valence-corrected chi connectivity index (χ2v) is 8.07. The minimum Gasteiger partial charge on any atom is -0.344 e. The number of likely N-dealkylation sites (tertiary alicyclic amines) is 1. The number of nitrogens with zero attached hydrogens (tertiary/aromatic N) is 4. The number of rotatable bonds is 5. The van der Waals surface area contributed by atoms with E-state index in [1.54, 1.807) is 12.4 Å². The number of para-hydroxylation sites is 1. The molecule has 0 saturated carbocycles. The number of aromatic nitrogens is 3. The van der Waals surface area contributed by atoms with Crippen molar-refractivity contribution in [3.63, 3.8) is 0 Å². The van der Waals surface area contributed by atoms with Crippen molar-refractivity contribution >= 4 is 23.3 Å². The van der Waals surface area contributed by atoms with Crippen LogP contribution in [0.4, 0.5) is 11.5 Å². The molecule has 2 aromatic heterocycles. The van der Waals surface area contributed by atoms with Crippen molar-refractivity contribution < 1.29 is 9.59 Å². The van der Waals surface area contributed by atoms with Gasteiger partial charge in [0.05, 0.1) is 11.7 Å². The standard InChI is InChI=1S/C24H24N6O2/c31-22-9-8-18(27-22)24(32)30-14-4-7-20(30)23-28-19(16-10-12-25-13-11-16)15-21(29-23)26-17-5-2-1-3-6-17/h1-3,5-6,10-13,15,18,20H,4,7-9,14H2,(H,27,31)(H,26,28,29)/t18-,20+/m1/s1. The molecule has 0 unspecified atom stereocenters. The van der Waals surface area contributed by atoms with E-state index >= 15 is 0 Å². The van der Waals surface area contributed by atoms with Crippen LogP contribution in [0, 0.1) is 0 Å². The molecule has 4 heterocycles. The van der Waals surface area contributed by atoms with E-state index in [-0.39, 0.29) is 17.9 Å². The fourth-order valence-corrected chi connectivity index (χ4v) is 4.32. The molecule has 0 spiro atoms. The van der Waals surface area contributed by atoms with Crippen LogP contribution >= 0.6 is 0 Å². The van der Waals surface area contributed by atoms with Crippen molar-refractivity contribution in [1.82, 2.24) is 25.2 Å². The van der Waals surface area contributed by atoms with Gasteiger partial charge in [-0.3, -0.25) is 14.6 Å². The first-order chi connectivity index (χ1) is 15.7. The summed E-state index contributed by atoms with van der Waals surface area (Å²) in [7, 11) is 0. The molecule has 2 aliphatic rings. The van der Waals surface area contributed by atoms with E-state index in [2.05, 4.69) is 15.6 Å². The summed E-state index contributed by atoms with van der Waals surface area (Å²) in [5, 5.41) is 6.15. The molecular formula is C24H24N6O2. The van der Waals surface area contributed by atoms with Crippen LogP contribution < -0.4 is 10.6 Å². The molecular weight excluding hydrogens is 404 g/mol. The van der Waals surface area contributed by atoms with Gasteiger partial charge in [-0.15, -0.1) is 0 Å². The van der Waals surface area contributed by atoms with Gasteiger partial charge in [-0.25, -0.2) is 9.97 Å². The molecule has 2 saturated heterocycles. The van der Waals surface area contributed by atoms with E-state index in [9.17, 15) is 9.59 Å². The molecule has 8 heteroatoms. The highest BCUT2D eigenvalue weighted by Gasteiger charge is 2.38. The van der Waals surface area contributed by atoms with Crippen LogP contribution in [0.15, 0.2) is 60.9 Å². The topological polar surface area (TPSA) is 100 Å². The van der Waals surface area contributed by atoms with Gasteiger partial charge in [-0.1, -0.05) is 18.2 Å². The molecule has 0 bridgehead atoms. The average molecular weight is 428 g/mol. The van der Waals surface area contributed by atoms with Crippen LogP contribution in [0.1, 0.15) is 37.5 Å². The minimum absolute atomic E-state index is 0.0474. The smallest absolute Gasteiger partial charge is 0.245 e. The molecule has 2 atom stereocenters. The lowest BCUT2D eigenvalue weighted by Crippen LogP contribution is -2.44. The van der Waals surface area contributed by atoms with E-state index in [4.69, 9.17) is 9.97 Å². The maximum Gasteiger partial charge on any atom is 0.245 e. The number of carbonyl (C=O) groups excluding carboxylic acids is 2. The molecule has 8 nitrogen and oxygen atoms in total.